The zero-order valence-electron chi connectivity index (χ0n) is 12.3. The van der Waals surface area contributed by atoms with E-state index in [0.717, 1.165) is 10.4 Å². The van der Waals surface area contributed by atoms with Gasteiger partial charge in [-0.1, -0.05) is 47.5 Å². The van der Waals surface area contributed by atoms with Crippen molar-refractivity contribution in [3.8, 4) is 0 Å². The van der Waals surface area contributed by atoms with Gasteiger partial charge in [0.15, 0.2) is 0 Å². The maximum Gasteiger partial charge on any atom is 0.253 e. The van der Waals surface area contributed by atoms with Crippen LogP contribution in [0.2, 0.25) is 10.0 Å². The Kier molecular flexibility index (Phi) is 5.19. The minimum absolute atomic E-state index is 0.209. The molecule has 3 aromatic rings. The number of nitrogens with one attached hydrogen (secondary N) is 1. The van der Waals surface area contributed by atoms with Crippen LogP contribution in [0.15, 0.2) is 60.0 Å². The largest absolute Gasteiger partial charge is 0.340 e. The van der Waals surface area contributed by atoms with Gasteiger partial charge >= 0.3 is 0 Å². The highest BCUT2D eigenvalue weighted by Gasteiger charge is 2.21. The molecule has 3 rings (SSSR count). The van der Waals surface area contributed by atoms with Gasteiger partial charge in [0, 0.05) is 4.88 Å². The van der Waals surface area contributed by atoms with Crippen LogP contribution in [0, 0.1) is 5.82 Å². The molecule has 2 nitrogen and oxygen atoms in total. The lowest BCUT2D eigenvalue weighted by molar-refractivity contribution is 0.0943. The first-order chi connectivity index (χ1) is 11.6. The van der Waals surface area contributed by atoms with E-state index < -0.39 is 6.04 Å². The van der Waals surface area contributed by atoms with Crippen molar-refractivity contribution in [3.05, 3.63) is 91.8 Å². The molecule has 0 bridgehead atoms. The van der Waals surface area contributed by atoms with Crippen molar-refractivity contribution in [2.75, 3.05) is 0 Å². The number of hydrogen-bond donors (Lipinski definition) is 1. The normalized spacial score (nSPS) is 12.0. The Labute approximate surface area is 152 Å². The molecule has 2 aromatic carbocycles. The van der Waals surface area contributed by atoms with Crippen LogP contribution in [0.25, 0.3) is 0 Å². The Morgan fingerprint density at radius 1 is 1.04 bits per heavy atom. The lowest BCUT2D eigenvalue weighted by Crippen LogP contribution is -2.29. The summed E-state index contributed by atoms with van der Waals surface area (Å²) >= 11 is 13.6. The highest BCUT2D eigenvalue weighted by Crippen LogP contribution is 2.29. The van der Waals surface area contributed by atoms with Gasteiger partial charge in [0.25, 0.3) is 5.91 Å². The van der Waals surface area contributed by atoms with Crippen molar-refractivity contribution in [1.29, 1.82) is 0 Å². The van der Waals surface area contributed by atoms with Gasteiger partial charge in [-0.25, -0.2) is 4.39 Å². The Morgan fingerprint density at radius 3 is 2.46 bits per heavy atom. The topological polar surface area (TPSA) is 29.1 Å². The van der Waals surface area contributed by atoms with Crippen LogP contribution in [0.3, 0.4) is 0 Å². The number of carbonyl (C=O) groups is 1. The van der Waals surface area contributed by atoms with Gasteiger partial charge in [-0.05, 0) is 41.3 Å². The molecule has 1 atom stereocenters. The van der Waals surface area contributed by atoms with Gasteiger partial charge in [-0.3, -0.25) is 4.79 Å². The molecule has 1 amide bonds. The molecule has 1 aromatic heterocycles. The second kappa shape index (κ2) is 7.34. The van der Waals surface area contributed by atoms with Crippen LogP contribution in [0.4, 0.5) is 4.39 Å². The number of carbonyl (C=O) groups excluding carboxylic acids is 1. The molecule has 1 N–H and O–H groups in total. The standard InChI is InChI=1S/C18H12Cl2FNOS/c19-14-4-1-3-13(16(14)20)18(23)22-17(15-5-2-10-24-15)11-6-8-12(21)9-7-11/h1-10,17H,(H,22,23). The molecule has 24 heavy (non-hydrogen) atoms. The van der Waals surface area contributed by atoms with Crippen LogP contribution in [-0.2, 0) is 0 Å². The Hall–Kier alpha value is -1.88. The number of rotatable bonds is 4. The van der Waals surface area contributed by atoms with Crippen molar-refractivity contribution < 1.29 is 9.18 Å². The molecule has 6 heteroatoms. The van der Waals surface area contributed by atoms with Crippen molar-refractivity contribution in [2.45, 2.75) is 6.04 Å². The summed E-state index contributed by atoms with van der Waals surface area (Å²) < 4.78 is 13.2. The van der Waals surface area contributed by atoms with E-state index in [0.29, 0.717) is 10.6 Å². The fourth-order valence-electron chi connectivity index (χ4n) is 2.32. The maximum atomic E-state index is 13.2. The van der Waals surface area contributed by atoms with Gasteiger partial charge in [-0.2, -0.15) is 0 Å². The SMILES string of the molecule is O=C(NC(c1ccc(F)cc1)c1cccs1)c1cccc(Cl)c1Cl. The molecule has 0 saturated carbocycles. The lowest BCUT2D eigenvalue weighted by Gasteiger charge is -2.19. The second-order valence-corrected chi connectivity index (χ2v) is 6.84. The lowest BCUT2D eigenvalue weighted by atomic mass is 10.0. The first kappa shape index (κ1) is 17.0. The zero-order chi connectivity index (χ0) is 17.1. The fraction of sp³-hybridized carbons (Fsp3) is 0.0556. The van der Waals surface area contributed by atoms with Crippen molar-refractivity contribution in [3.63, 3.8) is 0 Å². The van der Waals surface area contributed by atoms with Crippen LogP contribution in [0.5, 0.6) is 0 Å². The molecule has 0 aliphatic rings. The van der Waals surface area contributed by atoms with Crippen LogP contribution in [0.1, 0.15) is 26.8 Å². The maximum absolute atomic E-state index is 13.2. The highest BCUT2D eigenvalue weighted by atomic mass is 35.5. The van der Waals surface area contributed by atoms with Crippen molar-refractivity contribution in [2.24, 2.45) is 0 Å². The molecule has 0 fully saturated rings. The predicted octanol–water partition coefficient (Wildman–Crippen LogP) is 5.71. The number of benzene rings is 2. The van der Waals surface area contributed by atoms with Crippen molar-refractivity contribution in [1.82, 2.24) is 5.32 Å². The van der Waals surface area contributed by atoms with E-state index >= 15 is 0 Å². The first-order valence-electron chi connectivity index (χ1n) is 7.10. The zero-order valence-corrected chi connectivity index (χ0v) is 14.6. The first-order valence-corrected chi connectivity index (χ1v) is 8.73. The van der Waals surface area contributed by atoms with E-state index in [1.165, 1.54) is 23.5 Å². The van der Waals surface area contributed by atoms with E-state index in [9.17, 15) is 9.18 Å². The molecule has 0 spiro atoms. The molecule has 0 radical (unpaired) electrons. The predicted molar refractivity (Wildman–Crippen MR) is 96.5 cm³/mol. The van der Waals surface area contributed by atoms with Gasteiger partial charge in [0.05, 0.1) is 21.7 Å². The van der Waals surface area contributed by atoms with Crippen LogP contribution in [-0.4, -0.2) is 5.91 Å². The summed E-state index contributed by atoms with van der Waals surface area (Å²) in [5.74, 6) is -0.668. The molecule has 1 unspecified atom stereocenters. The number of thiophene rings is 1. The van der Waals surface area contributed by atoms with E-state index in [2.05, 4.69) is 5.32 Å². The molecule has 0 aliphatic heterocycles. The number of halogens is 3. The van der Waals surface area contributed by atoms with Crippen LogP contribution < -0.4 is 5.32 Å². The summed E-state index contributed by atoms with van der Waals surface area (Å²) in [6.07, 6.45) is 0. The average molecular weight is 380 g/mol. The number of hydrogen-bond acceptors (Lipinski definition) is 2. The van der Waals surface area contributed by atoms with E-state index in [1.807, 2.05) is 17.5 Å². The molecule has 122 valence electrons. The minimum Gasteiger partial charge on any atom is -0.340 e. The van der Waals surface area contributed by atoms with Gasteiger partial charge in [0.1, 0.15) is 5.82 Å². The third-order valence-corrected chi connectivity index (χ3v) is 5.26. The summed E-state index contributed by atoms with van der Waals surface area (Å²) in [5.41, 5.74) is 1.08. The highest BCUT2D eigenvalue weighted by molar-refractivity contribution is 7.10. The Balaban J connectivity index is 1.94. The van der Waals surface area contributed by atoms with Gasteiger partial charge in [-0.15, -0.1) is 11.3 Å². The molecule has 0 saturated heterocycles. The molecule has 1 heterocycles. The number of amides is 1. The molecular weight excluding hydrogens is 368 g/mol. The average Bonchev–Trinajstić information content (AvgIpc) is 3.10. The van der Waals surface area contributed by atoms with Gasteiger partial charge in [0.2, 0.25) is 0 Å². The van der Waals surface area contributed by atoms with Gasteiger partial charge < -0.3 is 5.32 Å². The third kappa shape index (κ3) is 3.61. The summed E-state index contributed by atoms with van der Waals surface area (Å²) in [4.78, 5) is 13.6. The summed E-state index contributed by atoms with van der Waals surface area (Å²) in [5, 5.41) is 5.39. The van der Waals surface area contributed by atoms with E-state index in [1.54, 1.807) is 30.3 Å². The summed E-state index contributed by atoms with van der Waals surface area (Å²) in [6.45, 7) is 0. The molecule has 0 aliphatic carbocycles. The van der Waals surface area contributed by atoms with Crippen molar-refractivity contribution >= 4 is 40.4 Å². The van der Waals surface area contributed by atoms with E-state index in [4.69, 9.17) is 23.2 Å². The smallest absolute Gasteiger partial charge is 0.253 e. The second-order valence-electron chi connectivity index (χ2n) is 5.07. The molecular formula is C18H12Cl2FNOS. The summed E-state index contributed by atoms with van der Waals surface area (Å²) in [7, 11) is 0. The third-order valence-electron chi connectivity index (χ3n) is 3.50. The van der Waals surface area contributed by atoms with Crippen LogP contribution >= 0.6 is 34.5 Å². The van der Waals surface area contributed by atoms with E-state index in [-0.39, 0.29) is 16.7 Å². The Morgan fingerprint density at radius 2 is 1.79 bits per heavy atom. The summed E-state index contributed by atoms with van der Waals surface area (Å²) in [6, 6.07) is 14.4. The monoisotopic (exact) mass is 379 g/mol. The Bertz CT molecular complexity index is 850. The quantitative estimate of drug-likeness (QED) is 0.617. The fourth-order valence-corrected chi connectivity index (χ4v) is 3.51. The minimum atomic E-state index is -0.395.